The van der Waals surface area contributed by atoms with Crippen molar-refractivity contribution in [1.29, 1.82) is 10.5 Å². The Kier molecular flexibility index (Phi) is 14.7. The van der Waals surface area contributed by atoms with Crippen molar-refractivity contribution in [2.45, 2.75) is 58.8 Å². The van der Waals surface area contributed by atoms with Crippen molar-refractivity contribution in [2.75, 3.05) is 0 Å². The summed E-state index contributed by atoms with van der Waals surface area (Å²) in [4.78, 5) is 24.5. The van der Waals surface area contributed by atoms with Crippen LogP contribution < -0.4 is 9.47 Å². The molecule has 2 aromatic heterocycles. The minimum Gasteiger partial charge on any atom is -0.423 e. The van der Waals surface area contributed by atoms with Crippen LogP contribution in [0.2, 0.25) is 0 Å². The number of carbonyl (C=O) groups excluding carboxylic acids is 2. The van der Waals surface area contributed by atoms with E-state index in [-0.39, 0.29) is 22.6 Å². The van der Waals surface area contributed by atoms with Crippen LogP contribution in [-0.4, -0.2) is 32.3 Å². The molecule has 0 aliphatic carbocycles. The van der Waals surface area contributed by atoms with Gasteiger partial charge in [-0.15, -0.1) is 0 Å². The van der Waals surface area contributed by atoms with Gasteiger partial charge in [0.15, 0.2) is 0 Å². The van der Waals surface area contributed by atoms with Crippen LogP contribution in [0.5, 0.6) is 11.5 Å². The van der Waals surface area contributed by atoms with Gasteiger partial charge in [0.05, 0.1) is 45.0 Å². The average molecular weight is 765 g/mol. The number of hydrogen-bond donors (Lipinski definition) is 0. The molecule has 0 unspecified atom stereocenters. The first-order valence-electron chi connectivity index (χ1n) is 18.4. The quantitative estimate of drug-likeness (QED) is 0.0631. The van der Waals surface area contributed by atoms with Gasteiger partial charge < -0.3 is 9.47 Å². The van der Waals surface area contributed by atoms with Crippen LogP contribution in [0.25, 0.3) is 22.5 Å². The maximum Gasteiger partial charge on any atom is 0.343 e. The van der Waals surface area contributed by atoms with Crippen molar-refractivity contribution in [3.8, 4) is 46.2 Å². The normalized spacial score (nSPS) is 10.4. The van der Waals surface area contributed by atoms with E-state index in [4.69, 9.17) is 20.0 Å². The molecule has 0 saturated carbocycles. The maximum absolute atomic E-state index is 13.6. The van der Waals surface area contributed by atoms with Gasteiger partial charge in [-0.05, 0) is 98.5 Å². The van der Waals surface area contributed by atoms with Gasteiger partial charge in [-0.2, -0.15) is 30.9 Å². The third kappa shape index (κ3) is 11.7. The molecule has 10 nitrogen and oxygen atoms in total. The second kappa shape index (κ2) is 20.5. The molecule has 0 amide bonds. The number of rotatable bonds is 13. The van der Waals surface area contributed by atoms with Gasteiger partial charge in [0, 0.05) is 23.3 Å². The molecule has 0 N–H and O–H groups in total. The minimum absolute atomic E-state index is 0.0408. The van der Waals surface area contributed by atoms with E-state index in [0.29, 0.717) is 16.8 Å². The highest BCUT2D eigenvalue weighted by molar-refractivity contribution is 5.92. The monoisotopic (exact) mass is 764 g/mol. The number of ether oxygens (including phenoxy) is 2. The standard InChI is InChI=1S/C23H20FN3O2.C22H18FN3O2/c1-2-3-4-5-19-11-13-22(27-26-19)16-6-8-17(9-7-16)23(28)29-20-12-10-18(15-25)21(24)14-20;1-2-3-4-18-10-12-21(26-25-18)15-5-7-16(8-6-15)22(27)28-19-11-9-17(14-24)20(23)13-19/h6-14H,2-5H2,1H3;5-13H,2-4H2,1H3. The molecule has 0 radical (unpaired) electrons. The molecule has 6 aromatic rings. The number of benzene rings is 4. The predicted octanol–water partition coefficient (Wildman–Crippen LogP) is 9.82. The van der Waals surface area contributed by atoms with Gasteiger partial charge in [-0.3, -0.25) is 0 Å². The van der Waals surface area contributed by atoms with Crippen molar-refractivity contribution < 1.29 is 27.8 Å². The highest BCUT2D eigenvalue weighted by atomic mass is 19.1. The smallest absolute Gasteiger partial charge is 0.343 e. The molecule has 0 fully saturated rings. The summed E-state index contributed by atoms with van der Waals surface area (Å²) >= 11 is 0. The number of unbranched alkanes of at least 4 members (excludes halogenated alkanes) is 3. The van der Waals surface area contributed by atoms with Crippen LogP contribution in [0, 0.1) is 34.3 Å². The van der Waals surface area contributed by atoms with Crippen LogP contribution in [-0.2, 0) is 12.8 Å². The van der Waals surface area contributed by atoms with E-state index < -0.39 is 23.6 Å². The predicted molar refractivity (Wildman–Crippen MR) is 209 cm³/mol. The first kappa shape index (κ1) is 41.0. The first-order chi connectivity index (χ1) is 27.7. The Hall–Kier alpha value is -7.18. The van der Waals surface area contributed by atoms with E-state index in [1.165, 1.54) is 37.1 Å². The number of aromatic nitrogens is 4. The molecule has 0 saturated heterocycles. The Morgan fingerprint density at radius 3 is 1.32 bits per heavy atom. The topological polar surface area (TPSA) is 152 Å². The second-order valence-corrected chi connectivity index (χ2v) is 12.8. The van der Waals surface area contributed by atoms with E-state index >= 15 is 0 Å². The summed E-state index contributed by atoms with van der Waals surface area (Å²) in [6, 6.07) is 32.0. The van der Waals surface area contributed by atoms with Gasteiger partial charge >= 0.3 is 11.9 Å². The van der Waals surface area contributed by atoms with Crippen LogP contribution in [0.4, 0.5) is 8.78 Å². The highest BCUT2D eigenvalue weighted by Crippen LogP contribution is 2.22. The van der Waals surface area contributed by atoms with Gasteiger partial charge in [0.1, 0.15) is 35.3 Å². The van der Waals surface area contributed by atoms with Crippen LogP contribution in [0.3, 0.4) is 0 Å². The zero-order valence-electron chi connectivity index (χ0n) is 31.4. The van der Waals surface area contributed by atoms with Gasteiger partial charge in [0.2, 0.25) is 0 Å². The number of carbonyl (C=O) groups is 2. The molecule has 286 valence electrons. The van der Waals surface area contributed by atoms with Gasteiger partial charge in [-0.25, -0.2) is 18.4 Å². The Balaban J connectivity index is 0.000000218. The molecule has 57 heavy (non-hydrogen) atoms. The van der Waals surface area contributed by atoms with Gasteiger partial charge in [-0.1, -0.05) is 57.4 Å². The fourth-order valence-corrected chi connectivity index (χ4v) is 5.39. The molecular weight excluding hydrogens is 727 g/mol. The Bertz CT molecular complexity index is 2370. The van der Waals surface area contributed by atoms with Crippen molar-refractivity contribution in [2.24, 2.45) is 0 Å². The first-order valence-corrected chi connectivity index (χ1v) is 18.4. The summed E-state index contributed by atoms with van der Waals surface area (Å²) in [7, 11) is 0. The lowest BCUT2D eigenvalue weighted by molar-refractivity contribution is 0.0724. The minimum atomic E-state index is -0.732. The lowest BCUT2D eigenvalue weighted by atomic mass is 10.1. The van der Waals surface area contributed by atoms with Crippen LogP contribution >= 0.6 is 0 Å². The summed E-state index contributed by atoms with van der Waals surface area (Å²) in [5, 5.41) is 34.5. The summed E-state index contributed by atoms with van der Waals surface area (Å²) in [6.07, 6.45) is 7.46. The summed E-state index contributed by atoms with van der Waals surface area (Å²) in [5.41, 5.74) is 5.46. The number of nitrogens with zero attached hydrogens (tertiary/aromatic N) is 6. The number of esters is 2. The summed E-state index contributed by atoms with van der Waals surface area (Å²) in [5.74, 6) is -2.61. The average Bonchev–Trinajstić information content (AvgIpc) is 3.24. The van der Waals surface area contributed by atoms with Crippen molar-refractivity contribution in [3.05, 3.63) is 154 Å². The Labute approximate surface area is 329 Å². The van der Waals surface area contributed by atoms with Crippen molar-refractivity contribution >= 4 is 11.9 Å². The summed E-state index contributed by atoms with van der Waals surface area (Å²) in [6.45, 7) is 4.29. The SMILES string of the molecule is CCCCCc1ccc(-c2ccc(C(=O)Oc3ccc(C#N)c(F)c3)cc2)nn1.CCCCc1ccc(-c2ccc(C(=O)Oc3ccc(C#N)c(F)c3)cc2)nn1. The molecule has 2 heterocycles. The number of aryl methyl sites for hydroxylation is 2. The number of halogens is 2. The van der Waals surface area contributed by atoms with E-state index in [2.05, 4.69) is 34.2 Å². The Morgan fingerprint density at radius 1 is 0.544 bits per heavy atom. The zero-order valence-corrected chi connectivity index (χ0v) is 31.4. The largest absolute Gasteiger partial charge is 0.423 e. The highest BCUT2D eigenvalue weighted by Gasteiger charge is 2.13. The molecule has 0 spiro atoms. The zero-order chi connectivity index (χ0) is 40.6. The van der Waals surface area contributed by atoms with E-state index in [1.807, 2.05) is 24.3 Å². The third-order valence-electron chi connectivity index (χ3n) is 8.64. The molecule has 6 rings (SSSR count). The molecule has 0 aliphatic rings. The number of nitriles is 2. The van der Waals surface area contributed by atoms with Gasteiger partial charge in [0.25, 0.3) is 0 Å². The maximum atomic E-state index is 13.6. The van der Waals surface area contributed by atoms with Crippen molar-refractivity contribution in [1.82, 2.24) is 20.4 Å². The molecule has 4 aromatic carbocycles. The third-order valence-corrected chi connectivity index (χ3v) is 8.64. The molecule has 12 heteroatoms. The number of hydrogen-bond acceptors (Lipinski definition) is 10. The lowest BCUT2D eigenvalue weighted by Gasteiger charge is -2.06. The molecular formula is C45H38F2N6O4. The molecule has 0 bridgehead atoms. The van der Waals surface area contributed by atoms with Crippen LogP contribution in [0.1, 0.15) is 89.2 Å². The molecule has 0 atom stereocenters. The van der Waals surface area contributed by atoms with Crippen molar-refractivity contribution in [3.63, 3.8) is 0 Å². The second-order valence-electron chi connectivity index (χ2n) is 12.8. The van der Waals surface area contributed by atoms with E-state index in [0.717, 1.165) is 72.4 Å². The molecule has 0 aliphatic heterocycles. The van der Waals surface area contributed by atoms with E-state index in [1.54, 1.807) is 60.7 Å². The fourth-order valence-electron chi connectivity index (χ4n) is 5.39. The fraction of sp³-hybridized carbons (Fsp3) is 0.200. The lowest BCUT2D eigenvalue weighted by Crippen LogP contribution is -2.08. The van der Waals surface area contributed by atoms with Crippen LogP contribution in [0.15, 0.2) is 109 Å². The Morgan fingerprint density at radius 2 is 0.965 bits per heavy atom. The summed E-state index contributed by atoms with van der Waals surface area (Å²) < 4.78 is 37.6. The van der Waals surface area contributed by atoms with E-state index in [9.17, 15) is 18.4 Å².